The van der Waals surface area contributed by atoms with Gasteiger partial charge in [-0.05, 0) is 132 Å². The van der Waals surface area contributed by atoms with Gasteiger partial charge in [0.1, 0.15) is 0 Å². The Morgan fingerprint density at radius 2 is 1.35 bits per heavy atom. The van der Waals surface area contributed by atoms with Crippen molar-refractivity contribution in [3.05, 3.63) is 217 Å². The second-order valence-electron chi connectivity index (χ2n) is 13.1. The zero-order chi connectivity index (χ0) is 37.1. The second kappa shape index (κ2) is 17.1. The summed E-state index contributed by atoms with van der Waals surface area (Å²) in [5.74, 6) is 2.91. The molecule has 0 bridgehead atoms. The minimum Gasteiger partial charge on any atom is -0.310 e. The Labute approximate surface area is 320 Å². The van der Waals surface area contributed by atoms with Gasteiger partial charge in [0.15, 0.2) is 0 Å². The highest BCUT2D eigenvalue weighted by Crippen LogP contribution is 2.44. The van der Waals surface area contributed by atoms with E-state index in [1.54, 1.807) is 0 Å². The van der Waals surface area contributed by atoms with Gasteiger partial charge in [-0.25, -0.2) is 0 Å². The molecule has 0 unspecified atom stereocenters. The first-order chi connectivity index (χ1) is 26.7. The molecule has 0 amide bonds. The van der Waals surface area contributed by atoms with Crippen molar-refractivity contribution >= 4 is 45.3 Å². The van der Waals surface area contributed by atoms with Crippen LogP contribution in [0.25, 0.3) is 28.0 Å². The monoisotopic (exact) mass is 696 g/mol. The molecule has 54 heavy (non-hydrogen) atoms. The number of anilines is 5. The van der Waals surface area contributed by atoms with Crippen LogP contribution in [0.4, 0.5) is 28.4 Å². The third-order valence-corrected chi connectivity index (χ3v) is 9.77. The molecule has 0 aromatic heterocycles. The molecule has 0 atom stereocenters. The highest BCUT2D eigenvalue weighted by atomic mass is 15.2. The van der Waals surface area contributed by atoms with Gasteiger partial charge in [0.25, 0.3) is 0 Å². The Kier molecular flexibility index (Phi) is 11.3. The normalized spacial score (nSPS) is 12.7. The van der Waals surface area contributed by atoms with Crippen LogP contribution in [0.3, 0.4) is 0 Å². The molecule has 0 aliphatic heterocycles. The largest absolute Gasteiger partial charge is 0.310 e. The van der Waals surface area contributed by atoms with Gasteiger partial charge in [-0.15, -0.1) is 6.42 Å². The van der Waals surface area contributed by atoms with Gasteiger partial charge in [0.05, 0.1) is 5.70 Å². The number of hydrogen-bond donors (Lipinski definition) is 0. The van der Waals surface area contributed by atoms with Crippen molar-refractivity contribution in [3.8, 4) is 23.5 Å². The van der Waals surface area contributed by atoms with E-state index in [1.165, 1.54) is 38.6 Å². The van der Waals surface area contributed by atoms with E-state index in [0.717, 1.165) is 53.4 Å². The lowest BCUT2D eigenvalue weighted by Crippen LogP contribution is -2.16. The lowest BCUT2D eigenvalue weighted by Gasteiger charge is -2.29. The van der Waals surface area contributed by atoms with E-state index in [0.29, 0.717) is 0 Å². The van der Waals surface area contributed by atoms with Gasteiger partial charge in [-0.2, -0.15) is 0 Å². The zero-order valence-electron chi connectivity index (χ0n) is 30.8. The van der Waals surface area contributed by atoms with Crippen molar-refractivity contribution in [2.75, 3.05) is 9.80 Å². The summed E-state index contributed by atoms with van der Waals surface area (Å²) < 4.78 is 0. The maximum atomic E-state index is 6.09. The van der Waals surface area contributed by atoms with Gasteiger partial charge in [-0.1, -0.05) is 140 Å². The molecular formula is C52H44N2. The van der Waals surface area contributed by atoms with Crippen molar-refractivity contribution in [2.24, 2.45) is 0 Å². The fourth-order valence-electron chi connectivity index (χ4n) is 7.39. The molecule has 0 fully saturated rings. The van der Waals surface area contributed by atoms with Gasteiger partial charge in [0.2, 0.25) is 0 Å². The van der Waals surface area contributed by atoms with E-state index in [-0.39, 0.29) is 0 Å². The minimum atomic E-state index is 0.760. The van der Waals surface area contributed by atoms with Crippen LogP contribution < -0.4 is 9.80 Å². The van der Waals surface area contributed by atoms with Crippen LogP contribution in [0, 0.1) is 12.3 Å². The van der Waals surface area contributed by atoms with Gasteiger partial charge >= 0.3 is 0 Å². The summed E-state index contributed by atoms with van der Waals surface area (Å²) in [6.45, 7) is 5.79. The Bertz CT molecular complexity index is 2440. The summed E-state index contributed by atoms with van der Waals surface area (Å²) in [5, 5.41) is 2.59. The van der Waals surface area contributed by atoms with E-state index in [1.807, 2.05) is 61.6 Å². The lowest BCUT2D eigenvalue weighted by atomic mass is 9.81. The van der Waals surface area contributed by atoms with Crippen molar-refractivity contribution in [1.29, 1.82) is 0 Å². The minimum absolute atomic E-state index is 0.760. The first kappa shape index (κ1) is 35.6. The van der Waals surface area contributed by atoms with E-state index < -0.39 is 0 Å². The number of rotatable bonds is 12. The number of fused-ring (bicyclic) bond motifs is 2. The number of nitrogens with zero attached hydrogens (tertiary/aromatic N) is 2. The molecule has 6 aromatic carbocycles. The lowest BCUT2D eigenvalue weighted by molar-refractivity contribution is 0.966. The predicted molar refractivity (Wildman–Crippen MR) is 234 cm³/mol. The Balaban J connectivity index is 1.34. The number of benzene rings is 6. The van der Waals surface area contributed by atoms with Crippen molar-refractivity contribution in [3.63, 3.8) is 0 Å². The molecule has 1 aliphatic rings. The van der Waals surface area contributed by atoms with Gasteiger partial charge in [-0.3, -0.25) is 0 Å². The van der Waals surface area contributed by atoms with Crippen LogP contribution in [0.2, 0.25) is 0 Å². The molecular weight excluding hydrogens is 653 g/mol. The van der Waals surface area contributed by atoms with E-state index >= 15 is 0 Å². The average Bonchev–Trinajstić information content (AvgIpc) is 3.23. The maximum absolute atomic E-state index is 6.09. The molecule has 0 N–H and O–H groups in total. The third-order valence-electron chi connectivity index (χ3n) is 9.77. The molecule has 1 aliphatic carbocycles. The topological polar surface area (TPSA) is 6.48 Å². The Hall–Kier alpha value is -6.82. The summed E-state index contributed by atoms with van der Waals surface area (Å²) >= 11 is 0. The van der Waals surface area contributed by atoms with Crippen molar-refractivity contribution in [2.45, 2.75) is 26.2 Å². The molecule has 6 aromatic rings. The summed E-state index contributed by atoms with van der Waals surface area (Å²) in [4.78, 5) is 4.45. The van der Waals surface area contributed by atoms with Crippen LogP contribution in [-0.2, 0) is 12.8 Å². The SMILES string of the molecule is C#C/C(=C\C=C/C)N(c1ccccc1)c1ccc(N(c2ccccc2)c2cccc(-c3c4c(c(C/C=C\C=C/C=C)c5ccccc35)CCC=C4)c2)cc1. The summed E-state index contributed by atoms with van der Waals surface area (Å²) in [7, 11) is 0. The first-order valence-electron chi connectivity index (χ1n) is 18.6. The van der Waals surface area contributed by atoms with Gasteiger partial charge < -0.3 is 9.80 Å². The van der Waals surface area contributed by atoms with Crippen LogP contribution in [-0.4, -0.2) is 0 Å². The van der Waals surface area contributed by atoms with Gasteiger partial charge in [0, 0.05) is 28.4 Å². The smallest absolute Gasteiger partial charge is 0.0966 e. The van der Waals surface area contributed by atoms with Crippen LogP contribution in [0.1, 0.15) is 30.0 Å². The molecule has 262 valence electrons. The van der Waals surface area contributed by atoms with E-state index in [4.69, 9.17) is 6.42 Å². The Morgan fingerprint density at radius 3 is 2.07 bits per heavy atom. The fourth-order valence-corrected chi connectivity index (χ4v) is 7.39. The molecule has 0 radical (unpaired) electrons. The summed E-state index contributed by atoms with van der Waals surface area (Å²) in [6.07, 6.45) is 29.9. The number of para-hydroxylation sites is 2. The first-order valence-corrected chi connectivity index (χ1v) is 18.6. The number of hydrogen-bond acceptors (Lipinski definition) is 2. The summed E-state index contributed by atoms with van der Waals surface area (Å²) in [6, 6.07) is 47.4. The average molecular weight is 697 g/mol. The molecule has 0 saturated carbocycles. The molecule has 7 rings (SSSR count). The second-order valence-corrected chi connectivity index (χ2v) is 13.1. The van der Waals surface area contributed by atoms with E-state index in [2.05, 4.69) is 162 Å². The van der Waals surface area contributed by atoms with E-state index in [9.17, 15) is 0 Å². The maximum Gasteiger partial charge on any atom is 0.0966 e. The standard InChI is InChI=1S/C52H44N2/c1-4-7-9-10-17-30-47-48-31-18-20-33-50(48)52(51-34-21-19-32-49(47)51)40-23-22-29-46(39-40)54(43-27-15-12-16-28-43)45-37-35-44(36-38-45)53(41(6-3)24-8-5-2)42-25-13-11-14-26-42/h3-5,7-18,20-29,31,33-39H,1,19,30,32H2,2H3/b8-5-,9-7-,17-10-,41-24+. The molecule has 0 saturated heterocycles. The van der Waals surface area contributed by atoms with Crippen LogP contribution in [0.15, 0.2) is 200 Å². The number of terminal acetylenes is 1. The highest BCUT2D eigenvalue weighted by molar-refractivity contribution is 6.04. The Morgan fingerprint density at radius 1 is 0.704 bits per heavy atom. The predicted octanol–water partition coefficient (Wildman–Crippen LogP) is 14.0. The fraction of sp³-hybridized carbons (Fsp3) is 0.0769. The molecule has 0 heterocycles. The van der Waals surface area contributed by atoms with Crippen molar-refractivity contribution in [1.82, 2.24) is 0 Å². The van der Waals surface area contributed by atoms with Crippen molar-refractivity contribution < 1.29 is 0 Å². The quantitative estimate of drug-likeness (QED) is 0.0928. The molecule has 2 heteroatoms. The highest BCUT2D eigenvalue weighted by Gasteiger charge is 2.22. The molecule has 0 spiro atoms. The van der Waals surface area contributed by atoms with Crippen LogP contribution in [0.5, 0.6) is 0 Å². The number of allylic oxidation sites excluding steroid dienone is 10. The molecule has 2 nitrogen and oxygen atoms in total. The van der Waals surface area contributed by atoms with Crippen LogP contribution >= 0.6 is 0 Å². The third kappa shape index (κ3) is 7.54. The summed E-state index contributed by atoms with van der Waals surface area (Å²) in [5.41, 5.74) is 12.6. The zero-order valence-corrected chi connectivity index (χ0v) is 30.8.